The van der Waals surface area contributed by atoms with E-state index < -0.39 is 24.1 Å². The van der Waals surface area contributed by atoms with E-state index in [1.54, 1.807) is 0 Å². The molecule has 1 saturated heterocycles. The maximum atomic E-state index is 13.0. The number of aliphatic hydroxyl groups is 2. The van der Waals surface area contributed by atoms with Gasteiger partial charge in [-0.2, -0.15) is 0 Å². The van der Waals surface area contributed by atoms with Crippen molar-refractivity contribution in [3.05, 3.63) is 41.3 Å². The molecule has 0 unspecified atom stereocenters. The maximum absolute atomic E-state index is 13.0. The fourth-order valence-electron chi connectivity index (χ4n) is 4.56. The lowest BCUT2D eigenvalue weighted by molar-refractivity contribution is -0.123. The second-order valence-corrected chi connectivity index (χ2v) is 7.42. The maximum Gasteiger partial charge on any atom is 0.329 e. The summed E-state index contributed by atoms with van der Waals surface area (Å²) < 4.78 is 13.0. The molecule has 1 aliphatic heterocycles. The van der Waals surface area contributed by atoms with Crippen LogP contribution in [-0.2, 0) is 4.79 Å². The number of carbonyl (C=O) groups is 2. The smallest absolute Gasteiger partial charge is 0.329 e. The number of halogens is 1. The minimum Gasteiger partial charge on any atom is -0.390 e. The Morgan fingerprint density at radius 1 is 1.15 bits per heavy atom. The summed E-state index contributed by atoms with van der Waals surface area (Å²) in [6.07, 6.45) is 2.44. The summed E-state index contributed by atoms with van der Waals surface area (Å²) >= 11 is 0. The van der Waals surface area contributed by atoms with Gasteiger partial charge in [-0.15, -0.1) is 0 Å². The van der Waals surface area contributed by atoms with E-state index in [9.17, 15) is 24.2 Å². The zero-order valence-electron chi connectivity index (χ0n) is 14.1. The number of nitrogens with zero attached hydrogens (tertiary/aromatic N) is 1. The minimum atomic E-state index is -0.698. The van der Waals surface area contributed by atoms with Crippen LogP contribution in [0.1, 0.15) is 24.8 Å². The van der Waals surface area contributed by atoms with Gasteiger partial charge in [0.2, 0.25) is 0 Å². The van der Waals surface area contributed by atoms with Gasteiger partial charge >= 0.3 is 6.03 Å². The van der Waals surface area contributed by atoms with Crippen molar-refractivity contribution >= 4 is 18.0 Å². The van der Waals surface area contributed by atoms with E-state index in [0.29, 0.717) is 12.0 Å². The summed E-state index contributed by atoms with van der Waals surface area (Å²) in [5.41, 5.74) is 0.798. The number of urea groups is 1. The van der Waals surface area contributed by atoms with Crippen LogP contribution in [0.25, 0.3) is 6.08 Å². The van der Waals surface area contributed by atoms with Crippen molar-refractivity contribution in [1.82, 2.24) is 10.2 Å². The Labute approximate surface area is 150 Å². The molecule has 138 valence electrons. The van der Waals surface area contributed by atoms with Crippen LogP contribution in [0, 0.1) is 23.6 Å². The fraction of sp³-hybridized carbons (Fsp3) is 0.474. The zero-order chi connectivity index (χ0) is 18.4. The predicted octanol–water partition coefficient (Wildman–Crippen LogP) is 1.49. The molecule has 7 heteroatoms. The van der Waals surface area contributed by atoms with Crippen LogP contribution in [-0.4, -0.2) is 45.8 Å². The van der Waals surface area contributed by atoms with E-state index in [-0.39, 0.29) is 35.8 Å². The lowest BCUT2D eigenvalue weighted by Gasteiger charge is -2.30. The quantitative estimate of drug-likeness (QED) is 0.561. The number of aliphatic hydroxyl groups excluding tert-OH is 2. The molecule has 26 heavy (non-hydrogen) atoms. The molecule has 0 radical (unpaired) electrons. The van der Waals surface area contributed by atoms with Crippen LogP contribution >= 0.6 is 0 Å². The third-order valence-corrected chi connectivity index (χ3v) is 5.92. The van der Waals surface area contributed by atoms with Crippen LogP contribution in [0.3, 0.4) is 0 Å². The highest BCUT2D eigenvalue weighted by Crippen LogP contribution is 2.49. The Morgan fingerprint density at radius 2 is 1.88 bits per heavy atom. The van der Waals surface area contributed by atoms with Crippen molar-refractivity contribution < 1.29 is 24.2 Å². The second-order valence-electron chi connectivity index (χ2n) is 7.42. The highest BCUT2D eigenvalue weighted by Gasteiger charge is 2.51. The van der Waals surface area contributed by atoms with Gasteiger partial charge in [-0.05, 0) is 60.8 Å². The molecule has 3 amide bonds. The SMILES string of the molecule is O=C1N/C(=C\c2ccc(F)cc2)C(=O)N1CC[C@H]1C[C@@H]2C[C@H]1[C@@H](O)[C@H]2O. The molecular weight excluding hydrogens is 339 g/mol. The summed E-state index contributed by atoms with van der Waals surface area (Å²) in [5, 5.41) is 22.4. The number of rotatable bonds is 4. The van der Waals surface area contributed by atoms with Gasteiger partial charge in [0, 0.05) is 6.54 Å². The van der Waals surface area contributed by atoms with Gasteiger partial charge in [0.15, 0.2) is 0 Å². The Balaban J connectivity index is 1.40. The monoisotopic (exact) mass is 360 g/mol. The topological polar surface area (TPSA) is 89.9 Å². The number of imide groups is 1. The molecule has 0 aromatic heterocycles. The van der Waals surface area contributed by atoms with Gasteiger partial charge in [-0.1, -0.05) is 12.1 Å². The fourth-order valence-corrected chi connectivity index (χ4v) is 4.56. The molecule has 1 heterocycles. The van der Waals surface area contributed by atoms with Crippen molar-refractivity contribution in [2.75, 3.05) is 6.54 Å². The molecule has 1 aromatic rings. The minimum absolute atomic E-state index is 0.0463. The number of carbonyl (C=O) groups excluding carboxylic acids is 2. The van der Waals surface area contributed by atoms with Gasteiger partial charge in [-0.3, -0.25) is 9.69 Å². The van der Waals surface area contributed by atoms with Crippen molar-refractivity contribution in [1.29, 1.82) is 0 Å². The van der Waals surface area contributed by atoms with E-state index in [1.165, 1.54) is 35.2 Å². The van der Waals surface area contributed by atoms with E-state index in [1.807, 2.05) is 0 Å². The number of hydrogen-bond acceptors (Lipinski definition) is 4. The zero-order valence-corrected chi connectivity index (χ0v) is 14.1. The number of benzene rings is 1. The van der Waals surface area contributed by atoms with Gasteiger partial charge in [0.1, 0.15) is 11.5 Å². The Morgan fingerprint density at radius 3 is 2.54 bits per heavy atom. The highest BCUT2D eigenvalue weighted by molar-refractivity contribution is 6.13. The predicted molar refractivity (Wildman–Crippen MR) is 91.0 cm³/mol. The van der Waals surface area contributed by atoms with E-state index >= 15 is 0 Å². The molecule has 3 aliphatic rings. The van der Waals surface area contributed by atoms with Crippen LogP contribution in [0.15, 0.2) is 30.0 Å². The Kier molecular flexibility index (Phi) is 4.28. The van der Waals surface area contributed by atoms with E-state index in [0.717, 1.165) is 12.8 Å². The number of amides is 3. The molecule has 6 nitrogen and oxygen atoms in total. The van der Waals surface area contributed by atoms with Gasteiger partial charge in [0.05, 0.1) is 12.2 Å². The molecule has 4 rings (SSSR count). The first-order chi connectivity index (χ1) is 12.4. The average Bonchev–Trinajstić information content (AvgIpc) is 3.23. The molecule has 2 saturated carbocycles. The van der Waals surface area contributed by atoms with Crippen molar-refractivity contribution in [3.8, 4) is 0 Å². The molecule has 3 N–H and O–H groups in total. The molecule has 1 aromatic carbocycles. The first-order valence-electron chi connectivity index (χ1n) is 8.90. The molecule has 2 bridgehead atoms. The summed E-state index contributed by atoms with van der Waals surface area (Å²) in [7, 11) is 0. The lowest BCUT2D eigenvalue weighted by atomic mass is 9.83. The summed E-state index contributed by atoms with van der Waals surface area (Å²) in [6.45, 7) is 0.280. The van der Waals surface area contributed by atoms with Crippen molar-refractivity contribution in [3.63, 3.8) is 0 Å². The lowest BCUT2D eigenvalue weighted by Crippen LogP contribution is -2.39. The second kappa shape index (κ2) is 6.48. The molecule has 5 atom stereocenters. The van der Waals surface area contributed by atoms with E-state index in [4.69, 9.17) is 0 Å². The first kappa shape index (κ1) is 17.2. The van der Waals surface area contributed by atoms with Crippen LogP contribution in [0.2, 0.25) is 0 Å². The van der Waals surface area contributed by atoms with Crippen molar-refractivity contribution in [2.24, 2.45) is 17.8 Å². The Hall–Kier alpha value is -2.25. The Bertz CT molecular complexity index is 761. The molecule has 0 spiro atoms. The summed E-state index contributed by atoms with van der Waals surface area (Å²) in [4.78, 5) is 25.8. The summed E-state index contributed by atoms with van der Waals surface area (Å²) in [6, 6.07) is 5.19. The first-order valence-corrected chi connectivity index (χ1v) is 8.90. The largest absolute Gasteiger partial charge is 0.390 e. The number of fused-ring (bicyclic) bond motifs is 2. The average molecular weight is 360 g/mol. The van der Waals surface area contributed by atoms with Crippen LogP contribution in [0.5, 0.6) is 0 Å². The van der Waals surface area contributed by atoms with Gasteiger partial charge < -0.3 is 15.5 Å². The molecule has 2 aliphatic carbocycles. The van der Waals surface area contributed by atoms with Crippen LogP contribution in [0.4, 0.5) is 9.18 Å². The number of hydrogen-bond donors (Lipinski definition) is 3. The standard InChI is InChI=1S/C19H21FN2O4/c20-13-3-1-10(2-4-13)7-15-18(25)22(19(26)21-15)6-5-11-8-12-9-14(11)17(24)16(12)23/h1-4,7,11-12,14,16-17,23-24H,5-6,8-9H2,(H,21,26)/b15-7-/t11-,12+,14+,16-,17+/m0/s1. The molecular formula is C19H21FN2O4. The van der Waals surface area contributed by atoms with E-state index in [2.05, 4.69) is 5.32 Å². The van der Waals surface area contributed by atoms with Crippen LogP contribution < -0.4 is 5.32 Å². The molecule has 3 fully saturated rings. The number of nitrogens with one attached hydrogen (secondary N) is 1. The normalized spacial score (nSPS) is 34.8. The third-order valence-electron chi connectivity index (χ3n) is 5.92. The third kappa shape index (κ3) is 2.91. The van der Waals surface area contributed by atoms with Crippen molar-refractivity contribution in [2.45, 2.75) is 31.5 Å². The van der Waals surface area contributed by atoms with Gasteiger partial charge in [-0.25, -0.2) is 9.18 Å². The highest BCUT2D eigenvalue weighted by atomic mass is 19.1. The van der Waals surface area contributed by atoms with Gasteiger partial charge in [0.25, 0.3) is 5.91 Å². The summed E-state index contributed by atoms with van der Waals surface area (Å²) in [5.74, 6) is -0.386.